The summed E-state index contributed by atoms with van der Waals surface area (Å²) in [7, 11) is 0. The summed E-state index contributed by atoms with van der Waals surface area (Å²) in [5.41, 5.74) is 2.85. The Kier molecular flexibility index (Phi) is 2.04. The molecule has 1 aromatic rings. The van der Waals surface area contributed by atoms with Gasteiger partial charge < -0.3 is 0 Å². The largest absolute Gasteiger partial charge is 0.274 e. The van der Waals surface area contributed by atoms with E-state index in [1.165, 1.54) is 4.90 Å². The molecule has 4 heteroatoms. The number of hydrogen-bond donors (Lipinski definition) is 0. The van der Waals surface area contributed by atoms with Crippen LogP contribution in [0.4, 0.5) is 5.69 Å². The molecule has 0 aromatic heterocycles. The molecule has 3 nitrogen and oxygen atoms in total. The second-order valence-corrected chi connectivity index (χ2v) is 4.63. The van der Waals surface area contributed by atoms with E-state index in [9.17, 15) is 9.59 Å². The van der Waals surface area contributed by atoms with E-state index in [-0.39, 0.29) is 11.8 Å². The summed E-state index contributed by atoms with van der Waals surface area (Å²) in [5, 5.41) is 0.692. The van der Waals surface area contributed by atoms with Crippen molar-refractivity contribution in [3.8, 4) is 0 Å². The summed E-state index contributed by atoms with van der Waals surface area (Å²) in [4.78, 5) is 24.8. The SMILES string of the molecule is O=C1CCc2cc(Cl)cc3c2N1C(=O)CC3. The molecule has 2 amide bonds. The fourth-order valence-corrected chi connectivity index (χ4v) is 2.74. The number of rotatable bonds is 0. The average molecular weight is 236 g/mol. The number of carbonyl (C=O) groups excluding carboxylic acids is 2. The van der Waals surface area contributed by atoms with Crippen molar-refractivity contribution in [3.05, 3.63) is 28.3 Å². The van der Waals surface area contributed by atoms with E-state index >= 15 is 0 Å². The molecule has 0 aliphatic carbocycles. The van der Waals surface area contributed by atoms with Gasteiger partial charge in [0.25, 0.3) is 0 Å². The van der Waals surface area contributed by atoms with Gasteiger partial charge in [0, 0.05) is 17.9 Å². The van der Waals surface area contributed by atoms with Crippen LogP contribution in [0.1, 0.15) is 24.0 Å². The molecule has 0 spiro atoms. The second kappa shape index (κ2) is 3.32. The van der Waals surface area contributed by atoms with Crippen molar-refractivity contribution in [2.24, 2.45) is 0 Å². The summed E-state index contributed by atoms with van der Waals surface area (Å²) < 4.78 is 0. The number of nitrogens with zero attached hydrogens (tertiary/aromatic N) is 1. The number of carbonyl (C=O) groups is 2. The summed E-state index contributed by atoms with van der Waals surface area (Å²) in [6.45, 7) is 0. The number of aryl methyl sites for hydroxylation is 2. The molecule has 2 heterocycles. The Hall–Kier alpha value is -1.35. The van der Waals surface area contributed by atoms with Gasteiger partial charge in [-0.1, -0.05) is 11.6 Å². The Labute approximate surface area is 98.0 Å². The van der Waals surface area contributed by atoms with Crippen molar-refractivity contribution in [2.45, 2.75) is 25.7 Å². The first-order valence-corrected chi connectivity index (χ1v) is 5.71. The molecular weight excluding hydrogens is 226 g/mol. The molecular formula is C12H10ClNO2. The number of hydrogen-bond acceptors (Lipinski definition) is 2. The van der Waals surface area contributed by atoms with Crippen molar-refractivity contribution in [3.63, 3.8) is 0 Å². The van der Waals surface area contributed by atoms with Crippen LogP contribution in [0.3, 0.4) is 0 Å². The lowest BCUT2D eigenvalue weighted by Crippen LogP contribution is -2.43. The van der Waals surface area contributed by atoms with Crippen LogP contribution in [0.15, 0.2) is 12.1 Å². The predicted molar refractivity (Wildman–Crippen MR) is 60.6 cm³/mol. The molecule has 1 aromatic carbocycles. The van der Waals surface area contributed by atoms with Gasteiger partial charge in [-0.25, -0.2) is 0 Å². The van der Waals surface area contributed by atoms with Gasteiger partial charge in [0.05, 0.1) is 5.69 Å². The van der Waals surface area contributed by atoms with E-state index in [0.29, 0.717) is 30.7 Å². The van der Waals surface area contributed by atoms with E-state index in [2.05, 4.69) is 0 Å². The molecule has 0 saturated carbocycles. The highest BCUT2D eigenvalue weighted by Gasteiger charge is 2.34. The predicted octanol–water partition coefficient (Wildman–Crippen LogP) is 2.09. The van der Waals surface area contributed by atoms with Gasteiger partial charge in [-0.3, -0.25) is 14.5 Å². The monoisotopic (exact) mass is 235 g/mol. The summed E-state index contributed by atoms with van der Waals surface area (Å²) in [6.07, 6.45) is 2.17. The third kappa shape index (κ3) is 1.28. The van der Waals surface area contributed by atoms with Gasteiger partial charge >= 0.3 is 0 Å². The van der Waals surface area contributed by atoms with Crippen LogP contribution in [-0.4, -0.2) is 11.8 Å². The van der Waals surface area contributed by atoms with Crippen molar-refractivity contribution in [1.82, 2.24) is 0 Å². The topological polar surface area (TPSA) is 37.4 Å². The van der Waals surface area contributed by atoms with Gasteiger partial charge in [0.2, 0.25) is 11.8 Å². The van der Waals surface area contributed by atoms with Crippen molar-refractivity contribution >= 4 is 29.1 Å². The van der Waals surface area contributed by atoms with Gasteiger partial charge in [-0.15, -0.1) is 0 Å². The van der Waals surface area contributed by atoms with Gasteiger partial charge in [0.15, 0.2) is 0 Å². The number of imide groups is 1. The Morgan fingerprint density at radius 3 is 1.94 bits per heavy atom. The van der Waals surface area contributed by atoms with Crippen molar-refractivity contribution in [1.29, 1.82) is 0 Å². The molecule has 16 heavy (non-hydrogen) atoms. The highest BCUT2D eigenvalue weighted by Crippen LogP contribution is 2.38. The molecule has 2 aliphatic rings. The van der Waals surface area contributed by atoms with Crippen molar-refractivity contribution < 1.29 is 9.59 Å². The minimum Gasteiger partial charge on any atom is -0.274 e. The van der Waals surface area contributed by atoms with Crippen LogP contribution in [0, 0.1) is 0 Å². The molecule has 0 bridgehead atoms. The fraction of sp³-hybridized carbons (Fsp3) is 0.333. The normalized spacial score (nSPS) is 18.7. The minimum absolute atomic E-state index is 0.0826. The fourth-order valence-electron chi connectivity index (χ4n) is 2.48. The molecule has 0 atom stereocenters. The van der Waals surface area contributed by atoms with E-state index in [1.54, 1.807) is 0 Å². The van der Waals surface area contributed by atoms with E-state index < -0.39 is 0 Å². The highest BCUT2D eigenvalue weighted by atomic mass is 35.5. The Bertz CT molecular complexity index is 469. The zero-order valence-electron chi connectivity index (χ0n) is 8.62. The third-order valence-corrected chi connectivity index (χ3v) is 3.39. The lowest BCUT2D eigenvalue weighted by atomic mass is 9.91. The quantitative estimate of drug-likeness (QED) is 0.646. The first-order chi connectivity index (χ1) is 7.66. The maximum Gasteiger partial charge on any atom is 0.234 e. The third-order valence-electron chi connectivity index (χ3n) is 3.17. The van der Waals surface area contributed by atoms with E-state index in [1.807, 2.05) is 12.1 Å². The summed E-state index contributed by atoms with van der Waals surface area (Å²) in [5.74, 6) is -0.165. The minimum atomic E-state index is -0.0826. The first kappa shape index (κ1) is 9.85. The number of halogens is 1. The molecule has 0 fully saturated rings. The van der Waals surface area contributed by atoms with E-state index in [4.69, 9.17) is 11.6 Å². The number of anilines is 1. The molecule has 0 radical (unpaired) electrons. The summed E-state index contributed by atoms with van der Waals surface area (Å²) >= 11 is 6.02. The molecule has 3 rings (SSSR count). The second-order valence-electron chi connectivity index (χ2n) is 4.20. The first-order valence-electron chi connectivity index (χ1n) is 5.34. The maximum atomic E-state index is 11.7. The lowest BCUT2D eigenvalue weighted by molar-refractivity contribution is -0.127. The van der Waals surface area contributed by atoms with Gasteiger partial charge in [-0.05, 0) is 36.1 Å². The molecule has 0 N–H and O–H groups in total. The Morgan fingerprint density at radius 1 is 0.938 bits per heavy atom. The number of amides is 2. The standard InChI is InChI=1S/C12H10ClNO2/c13-9-5-7-1-3-10(15)14-11(16)4-2-8(6-9)12(7)14/h5-6H,1-4H2. The van der Waals surface area contributed by atoms with Crippen LogP contribution in [-0.2, 0) is 22.4 Å². The summed E-state index contributed by atoms with van der Waals surface area (Å²) in [6, 6.07) is 3.72. The molecule has 2 aliphatic heterocycles. The average Bonchev–Trinajstić information content (AvgIpc) is 2.25. The van der Waals surface area contributed by atoms with Crippen LogP contribution >= 0.6 is 11.6 Å². The lowest BCUT2D eigenvalue weighted by Gasteiger charge is -2.33. The zero-order chi connectivity index (χ0) is 11.3. The highest BCUT2D eigenvalue weighted by molar-refractivity contribution is 6.31. The molecule has 82 valence electrons. The molecule has 0 unspecified atom stereocenters. The van der Waals surface area contributed by atoms with Crippen LogP contribution < -0.4 is 4.90 Å². The van der Waals surface area contributed by atoms with Crippen LogP contribution in [0.25, 0.3) is 0 Å². The number of benzene rings is 1. The zero-order valence-corrected chi connectivity index (χ0v) is 9.38. The van der Waals surface area contributed by atoms with Crippen molar-refractivity contribution in [2.75, 3.05) is 4.90 Å². The van der Waals surface area contributed by atoms with Gasteiger partial charge in [0.1, 0.15) is 0 Å². The van der Waals surface area contributed by atoms with Gasteiger partial charge in [-0.2, -0.15) is 0 Å². The van der Waals surface area contributed by atoms with E-state index in [0.717, 1.165) is 16.8 Å². The smallest absolute Gasteiger partial charge is 0.234 e. The molecule has 0 saturated heterocycles. The Balaban J connectivity index is 2.26. The van der Waals surface area contributed by atoms with Crippen LogP contribution in [0.2, 0.25) is 5.02 Å². The maximum absolute atomic E-state index is 11.7. The van der Waals surface area contributed by atoms with Crippen LogP contribution in [0.5, 0.6) is 0 Å². The Morgan fingerprint density at radius 2 is 1.44 bits per heavy atom.